The lowest BCUT2D eigenvalue weighted by Crippen LogP contribution is -2.40. The van der Waals surface area contributed by atoms with Gasteiger partial charge in [-0.3, -0.25) is 9.69 Å². The number of amides is 1. The molecule has 0 radical (unpaired) electrons. The highest BCUT2D eigenvalue weighted by Crippen LogP contribution is 2.36. The third-order valence-electron chi connectivity index (χ3n) is 6.35. The first-order chi connectivity index (χ1) is 17.1. The van der Waals surface area contributed by atoms with Gasteiger partial charge in [-0.2, -0.15) is 0 Å². The van der Waals surface area contributed by atoms with Gasteiger partial charge in [0.25, 0.3) is 0 Å². The lowest BCUT2D eigenvalue weighted by Gasteiger charge is -2.30. The Morgan fingerprint density at radius 2 is 1.78 bits per heavy atom. The van der Waals surface area contributed by atoms with Gasteiger partial charge in [0.2, 0.25) is 11.8 Å². The molecular formula is C29H39NO5Si. The van der Waals surface area contributed by atoms with Gasteiger partial charge in [-0.25, -0.2) is 4.79 Å². The van der Waals surface area contributed by atoms with Crippen molar-refractivity contribution >= 4 is 25.8 Å². The van der Waals surface area contributed by atoms with Gasteiger partial charge >= 0.3 is 5.97 Å². The average molecular weight is 510 g/mol. The molecule has 0 atom stereocenters. The fourth-order valence-electron chi connectivity index (χ4n) is 4.28. The van der Waals surface area contributed by atoms with Crippen molar-refractivity contribution in [1.82, 2.24) is 0 Å². The normalized spacial score (nSPS) is 17.7. The van der Waals surface area contributed by atoms with Crippen LogP contribution >= 0.6 is 0 Å². The second-order valence-corrected chi connectivity index (χ2v) is 15.3. The Bertz CT molecular complexity index is 1100. The topological polar surface area (TPSA) is 69.0 Å². The Hall–Kier alpha value is -2.82. The molecule has 36 heavy (non-hydrogen) atoms. The first kappa shape index (κ1) is 27.8. The summed E-state index contributed by atoms with van der Waals surface area (Å²) in [5.41, 5.74) is 5.36. The third kappa shape index (κ3) is 7.34. The quantitative estimate of drug-likeness (QED) is 0.242. The van der Waals surface area contributed by atoms with E-state index in [0.29, 0.717) is 24.8 Å². The van der Waals surface area contributed by atoms with Crippen molar-refractivity contribution in [3.8, 4) is 22.8 Å². The molecule has 0 N–H and O–H groups in total. The number of benzene rings is 1. The van der Waals surface area contributed by atoms with Crippen LogP contribution in [0.15, 0.2) is 34.7 Å². The van der Waals surface area contributed by atoms with E-state index in [2.05, 4.69) is 38.0 Å². The summed E-state index contributed by atoms with van der Waals surface area (Å²) in [6.07, 6.45) is 3.72. The molecule has 1 saturated carbocycles. The van der Waals surface area contributed by atoms with Gasteiger partial charge in [-0.05, 0) is 62.8 Å². The third-order valence-corrected chi connectivity index (χ3v) is 7.23. The molecule has 0 spiro atoms. The number of carbonyl (C=O) groups excluding carboxylic acids is 2. The van der Waals surface area contributed by atoms with Crippen molar-refractivity contribution in [2.24, 2.45) is 11.8 Å². The maximum atomic E-state index is 13.6. The van der Waals surface area contributed by atoms with Crippen LogP contribution < -0.4 is 4.90 Å². The SMILES string of the molecule is CCOC(=O)c1cc(-c2ccc(C#C[Si](C)(C)C)cc2)oc1N(CCOC)C(=O)C1CCC(C)CC1. The van der Waals surface area contributed by atoms with Crippen LogP contribution in [0.3, 0.4) is 0 Å². The summed E-state index contributed by atoms with van der Waals surface area (Å²) in [7, 11) is 0.121. The molecule has 0 saturated heterocycles. The number of nitrogens with zero attached hydrogens (tertiary/aromatic N) is 1. The smallest absolute Gasteiger partial charge is 0.343 e. The zero-order chi connectivity index (χ0) is 26.3. The van der Waals surface area contributed by atoms with Crippen LogP contribution in [0.1, 0.15) is 55.5 Å². The monoisotopic (exact) mass is 509 g/mol. The van der Waals surface area contributed by atoms with Gasteiger partial charge in [-0.15, -0.1) is 5.54 Å². The predicted octanol–water partition coefficient (Wildman–Crippen LogP) is 6.16. The van der Waals surface area contributed by atoms with E-state index in [1.54, 1.807) is 25.0 Å². The Morgan fingerprint density at radius 3 is 2.36 bits per heavy atom. The number of hydrogen-bond acceptors (Lipinski definition) is 5. The number of ether oxygens (including phenoxy) is 2. The summed E-state index contributed by atoms with van der Waals surface area (Å²) in [6, 6.07) is 9.43. The predicted molar refractivity (Wildman–Crippen MR) is 146 cm³/mol. The van der Waals surface area contributed by atoms with Crippen LogP contribution in [0.4, 0.5) is 5.88 Å². The van der Waals surface area contributed by atoms with E-state index in [0.717, 1.165) is 36.8 Å². The fourth-order valence-corrected chi connectivity index (χ4v) is 4.80. The van der Waals surface area contributed by atoms with Gasteiger partial charge in [0.05, 0.1) is 19.8 Å². The number of carbonyl (C=O) groups is 2. The van der Waals surface area contributed by atoms with Gasteiger partial charge in [0.1, 0.15) is 19.4 Å². The molecule has 7 heteroatoms. The van der Waals surface area contributed by atoms with E-state index >= 15 is 0 Å². The highest BCUT2D eigenvalue weighted by atomic mass is 28.3. The Balaban J connectivity index is 1.98. The molecule has 1 aliphatic carbocycles. The minimum Gasteiger partial charge on any atom is -0.462 e. The summed E-state index contributed by atoms with van der Waals surface area (Å²) in [4.78, 5) is 28.1. The van der Waals surface area contributed by atoms with Crippen LogP contribution in [0.2, 0.25) is 19.6 Å². The number of methoxy groups -OCH3 is 1. The van der Waals surface area contributed by atoms with Crippen molar-refractivity contribution in [1.29, 1.82) is 0 Å². The van der Waals surface area contributed by atoms with Crippen molar-refractivity contribution in [3.63, 3.8) is 0 Å². The van der Waals surface area contributed by atoms with E-state index in [4.69, 9.17) is 13.9 Å². The molecule has 0 bridgehead atoms. The molecule has 1 heterocycles. The van der Waals surface area contributed by atoms with Crippen LogP contribution in [-0.4, -0.2) is 46.8 Å². The van der Waals surface area contributed by atoms with Crippen LogP contribution in [-0.2, 0) is 14.3 Å². The molecule has 1 fully saturated rings. The fraction of sp³-hybridized carbons (Fsp3) is 0.517. The molecule has 194 valence electrons. The molecule has 1 aromatic carbocycles. The molecular weight excluding hydrogens is 470 g/mol. The van der Waals surface area contributed by atoms with E-state index in [9.17, 15) is 9.59 Å². The van der Waals surface area contributed by atoms with Crippen molar-refractivity contribution < 1.29 is 23.5 Å². The van der Waals surface area contributed by atoms with E-state index in [1.807, 2.05) is 24.3 Å². The molecule has 3 rings (SSSR count). The summed E-state index contributed by atoms with van der Waals surface area (Å²) < 4.78 is 16.8. The minimum absolute atomic E-state index is 0.0256. The van der Waals surface area contributed by atoms with Crippen molar-refractivity contribution in [2.45, 2.75) is 59.2 Å². The molecule has 2 aromatic rings. The van der Waals surface area contributed by atoms with E-state index in [1.165, 1.54) is 0 Å². The van der Waals surface area contributed by atoms with Gasteiger partial charge in [0.15, 0.2) is 0 Å². The van der Waals surface area contributed by atoms with E-state index in [-0.39, 0.29) is 29.9 Å². The Kier molecular flexibility index (Phi) is 9.58. The zero-order valence-corrected chi connectivity index (χ0v) is 23.5. The first-order valence-electron chi connectivity index (χ1n) is 12.9. The second kappa shape index (κ2) is 12.4. The number of rotatable bonds is 8. The van der Waals surface area contributed by atoms with Crippen molar-refractivity contribution in [2.75, 3.05) is 31.8 Å². The van der Waals surface area contributed by atoms with Crippen LogP contribution in [0.25, 0.3) is 11.3 Å². The summed E-state index contributed by atoms with van der Waals surface area (Å²) in [6.45, 7) is 11.5. The maximum absolute atomic E-state index is 13.6. The number of esters is 1. The number of furan rings is 1. The molecule has 1 aliphatic rings. The summed E-state index contributed by atoms with van der Waals surface area (Å²) in [5.74, 6) is 3.99. The largest absolute Gasteiger partial charge is 0.462 e. The van der Waals surface area contributed by atoms with Crippen LogP contribution in [0.5, 0.6) is 0 Å². The Labute approximate surface area is 216 Å². The lowest BCUT2D eigenvalue weighted by atomic mass is 9.82. The standard InChI is InChI=1S/C29H39NO5Si/c1-7-34-29(32)25-20-26(23-14-10-22(11-15-23)16-19-36(4,5)6)35-28(25)30(17-18-33-3)27(31)24-12-8-21(2)9-13-24/h10-11,14-15,20-21,24H,7-9,12-13,17-18H2,1-6H3. The highest BCUT2D eigenvalue weighted by molar-refractivity contribution is 6.83. The average Bonchev–Trinajstić information content (AvgIpc) is 3.29. The molecule has 0 aliphatic heterocycles. The minimum atomic E-state index is -1.47. The molecule has 6 nitrogen and oxygen atoms in total. The zero-order valence-electron chi connectivity index (χ0n) is 22.5. The molecule has 1 amide bonds. The Morgan fingerprint density at radius 1 is 1.11 bits per heavy atom. The van der Waals surface area contributed by atoms with Crippen molar-refractivity contribution in [3.05, 3.63) is 41.5 Å². The summed E-state index contributed by atoms with van der Waals surface area (Å²) in [5, 5.41) is 0. The van der Waals surface area contributed by atoms with E-state index < -0.39 is 14.0 Å². The van der Waals surface area contributed by atoms with Gasteiger partial charge < -0.3 is 13.9 Å². The first-order valence-corrected chi connectivity index (χ1v) is 16.4. The van der Waals surface area contributed by atoms with Gasteiger partial charge in [0, 0.05) is 30.2 Å². The number of anilines is 1. The van der Waals surface area contributed by atoms with Gasteiger partial charge in [-0.1, -0.05) is 32.5 Å². The summed E-state index contributed by atoms with van der Waals surface area (Å²) >= 11 is 0. The number of hydrogen-bond donors (Lipinski definition) is 0. The highest BCUT2D eigenvalue weighted by Gasteiger charge is 2.33. The second-order valence-electron chi connectivity index (χ2n) is 10.6. The van der Waals surface area contributed by atoms with Crippen LogP contribution in [0, 0.1) is 23.3 Å². The molecule has 0 unspecified atom stereocenters. The lowest BCUT2D eigenvalue weighted by molar-refractivity contribution is -0.123. The molecule has 1 aromatic heterocycles. The maximum Gasteiger partial charge on any atom is 0.343 e.